The normalized spacial score (nSPS) is 24.0. The molecule has 14 heavy (non-hydrogen) atoms. The van der Waals surface area contributed by atoms with Crippen LogP contribution < -0.4 is 0 Å². The van der Waals surface area contributed by atoms with E-state index in [1.807, 2.05) is 5.38 Å². The zero-order valence-corrected chi connectivity index (χ0v) is 9.64. The molecule has 1 unspecified atom stereocenters. The molecule has 1 atom stereocenters. The number of rotatable bonds is 2. The number of ether oxygens (including phenoxy) is 1. The second-order valence-corrected chi connectivity index (χ2v) is 4.59. The topological polar surface area (TPSA) is 25.4 Å². The number of thiazole rings is 1. The number of hydrogen-bond donors (Lipinski definition) is 0. The summed E-state index contributed by atoms with van der Waals surface area (Å²) in [5.74, 6) is 0.485. The molecule has 1 aromatic heterocycles. The molecular formula is C9H13ClN2OS. The van der Waals surface area contributed by atoms with Crippen molar-refractivity contribution in [1.29, 1.82) is 0 Å². The van der Waals surface area contributed by atoms with Gasteiger partial charge in [-0.05, 0) is 7.05 Å². The molecule has 0 aliphatic carbocycles. The van der Waals surface area contributed by atoms with Gasteiger partial charge in [0, 0.05) is 18.5 Å². The van der Waals surface area contributed by atoms with Gasteiger partial charge in [0.15, 0.2) is 0 Å². The van der Waals surface area contributed by atoms with E-state index in [-0.39, 0.29) is 6.10 Å². The maximum atomic E-state index is 5.70. The van der Waals surface area contributed by atoms with Crippen molar-refractivity contribution in [2.75, 3.05) is 26.7 Å². The van der Waals surface area contributed by atoms with Crippen LogP contribution in [0.2, 0.25) is 0 Å². The average molecular weight is 233 g/mol. The third kappa shape index (κ3) is 2.25. The molecule has 0 aromatic carbocycles. The fraction of sp³-hybridized carbons (Fsp3) is 0.667. The highest BCUT2D eigenvalue weighted by Crippen LogP contribution is 2.25. The molecule has 5 heteroatoms. The van der Waals surface area contributed by atoms with Gasteiger partial charge >= 0.3 is 0 Å². The van der Waals surface area contributed by atoms with E-state index in [0.717, 1.165) is 30.4 Å². The maximum absolute atomic E-state index is 5.70. The minimum absolute atomic E-state index is 0.135. The summed E-state index contributed by atoms with van der Waals surface area (Å²) < 4.78 is 5.66. The summed E-state index contributed by atoms with van der Waals surface area (Å²) in [6.07, 6.45) is 0.135. The molecule has 0 N–H and O–H groups in total. The molecule has 1 aromatic rings. The molecule has 2 rings (SSSR count). The van der Waals surface area contributed by atoms with Gasteiger partial charge in [0.25, 0.3) is 0 Å². The summed E-state index contributed by atoms with van der Waals surface area (Å²) in [5, 5.41) is 3.05. The first-order chi connectivity index (χ1) is 6.79. The highest BCUT2D eigenvalue weighted by Gasteiger charge is 2.22. The number of aromatic nitrogens is 1. The molecular weight excluding hydrogens is 220 g/mol. The standard InChI is InChI=1S/C9H13ClN2OS/c1-12-2-3-13-8(5-12)9-11-7(4-10)6-14-9/h6,8H,2-5H2,1H3. The first kappa shape index (κ1) is 10.4. The molecule has 1 fully saturated rings. The van der Waals surface area contributed by atoms with Gasteiger partial charge in [-0.25, -0.2) is 4.98 Å². The predicted octanol–water partition coefficient (Wildman–Crippen LogP) is 1.89. The Balaban J connectivity index is 2.06. The van der Waals surface area contributed by atoms with E-state index in [0.29, 0.717) is 5.88 Å². The van der Waals surface area contributed by atoms with Crippen LogP contribution in [0.5, 0.6) is 0 Å². The summed E-state index contributed by atoms with van der Waals surface area (Å²) in [5.41, 5.74) is 0.948. The molecule has 2 heterocycles. The van der Waals surface area contributed by atoms with Crippen molar-refractivity contribution in [3.8, 4) is 0 Å². The average Bonchev–Trinajstić information content (AvgIpc) is 2.66. The Labute approximate surface area is 92.7 Å². The molecule has 1 saturated heterocycles. The summed E-state index contributed by atoms with van der Waals surface area (Å²) in [4.78, 5) is 6.68. The summed E-state index contributed by atoms with van der Waals surface area (Å²) in [6.45, 7) is 2.72. The molecule has 3 nitrogen and oxygen atoms in total. The Kier molecular flexibility index (Phi) is 3.38. The molecule has 1 aliphatic heterocycles. The van der Waals surface area contributed by atoms with Gasteiger partial charge in [-0.1, -0.05) is 0 Å². The van der Waals surface area contributed by atoms with Crippen molar-refractivity contribution in [3.05, 3.63) is 16.1 Å². The van der Waals surface area contributed by atoms with Crippen molar-refractivity contribution in [2.45, 2.75) is 12.0 Å². The summed E-state index contributed by atoms with van der Waals surface area (Å²) >= 11 is 7.34. The van der Waals surface area contributed by atoms with Crippen LogP contribution in [0.3, 0.4) is 0 Å². The molecule has 78 valence electrons. The minimum atomic E-state index is 0.135. The van der Waals surface area contributed by atoms with E-state index < -0.39 is 0 Å². The largest absolute Gasteiger partial charge is 0.368 e. The van der Waals surface area contributed by atoms with Gasteiger partial charge in [0.1, 0.15) is 11.1 Å². The van der Waals surface area contributed by atoms with E-state index >= 15 is 0 Å². The lowest BCUT2D eigenvalue weighted by Crippen LogP contribution is -2.35. The van der Waals surface area contributed by atoms with E-state index in [4.69, 9.17) is 16.3 Å². The van der Waals surface area contributed by atoms with Crippen molar-refractivity contribution in [2.24, 2.45) is 0 Å². The molecule has 0 bridgehead atoms. The quantitative estimate of drug-likeness (QED) is 0.729. The molecule has 0 amide bonds. The SMILES string of the molecule is CN1CCOC(c2nc(CCl)cs2)C1. The van der Waals surface area contributed by atoms with Crippen molar-refractivity contribution in [3.63, 3.8) is 0 Å². The van der Waals surface area contributed by atoms with E-state index in [1.54, 1.807) is 11.3 Å². The highest BCUT2D eigenvalue weighted by atomic mass is 35.5. The van der Waals surface area contributed by atoms with Gasteiger partial charge in [0.05, 0.1) is 18.2 Å². The van der Waals surface area contributed by atoms with Crippen LogP contribution in [0.1, 0.15) is 16.8 Å². The molecule has 0 spiro atoms. The number of alkyl halides is 1. The van der Waals surface area contributed by atoms with Gasteiger partial charge in [-0.15, -0.1) is 22.9 Å². The zero-order valence-electron chi connectivity index (χ0n) is 8.07. The van der Waals surface area contributed by atoms with Crippen molar-refractivity contribution in [1.82, 2.24) is 9.88 Å². The minimum Gasteiger partial charge on any atom is -0.368 e. The number of hydrogen-bond acceptors (Lipinski definition) is 4. The van der Waals surface area contributed by atoms with Crippen LogP contribution in [0.4, 0.5) is 0 Å². The summed E-state index contributed by atoms with van der Waals surface area (Å²) in [6, 6.07) is 0. The third-order valence-electron chi connectivity index (χ3n) is 2.25. The molecule has 0 saturated carbocycles. The fourth-order valence-electron chi connectivity index (χ4n) is 1.46. The lowest BCUT2D eigenvalue weighted by Gasteiger charge is -2.28. The number of morpholine rings is 1. The molecule has 1 aliphatic rings. The Bertz CT molecular complexity index is 305. The number of nitrogens with zero attached hydrogens (tertiary/aromatic N) is 2. The van der Waals surface area contributed by atoms with Crippen LogP contribution in [0.15, 0.2) is 5.38 Å². The predicted molar refractivity (Wildman–Crippen MR) is 57.9 cm³/mol. The van der Waals surface area contributed by atoms with E-state index in [2.05, 4.69) is 16.9 Å². The first-order valence-corrected chi connectivity index (χ1v) is 6.01. The Morgan fingerprint density at radius 3 is 3.29 bits per heavy atom. The molecule has 0 radical (unpaired) electrons. The van der Waals surface area contributed by atoms with Crippen LogP contribution in [0.25, 0.3) is 0 Å². The monoisotopic (exact) mass is 232 g/mol. The van der Waals surface area contributed by atoms with Crippen LogP contribution in [-0.4, -0.2) is 36.6 Å². The van der Waals surface area contributed by atoms with Crippen LogP contribution >= 0.6 is 22.9 Å². The van der Waals surface area contributed by atoms with Crippen molar-refractivity contribution < 1.29 is 4.74 Å². The van der Waals surface area contributed by atoms with Gasteiger partial charge in [-0.2, -0.15) is 0 Å². The summed E-state index contributed by atoms with van der Waals surface area (Å²) in [7, 11) is 2.10. The second-order valence-electron chi connectivity index (χ2n) is 3.43. The van der Waals surface area contributed by atoms with Gasteiger partial charge in [-0.3, -0.25) is 0 Å². The highest BCUT2D eigenvalue weighted by molar-refractivity contribution is 7.09. The van der Waals surface area contributed by atoms with Crippen LogP contribution in [0, 0.1) is 0 Å². The Hall–Kier alpha value is -0.160. The second kappa shape index (κ2) is 4.57. The van der Waals surface area contributed by atoms with Gasteiger partial charge in [0.2, 0.25) is 0 Å². The number of likely N-dealkylation sites (N-methyl/N-ethyl adjacent to an activating group) is 1. The van der Waals surface area contributed by atoms with Gasteiger partial charge < -0.3 is 9.64 Å². The van der Waals surface area contributed by atoms with Crippen molar-refractivity contribution >= 4 is 22.9 Å². The zero-order chi connectivity index (χ0) is 9.97. The lowest BCUT2D eigenvalue weighted by atomic mass is 10.3. The maximum Gasteiger partial charge on any atom is 0.123 e. The smallest absolute Gasteiger partial charge is 0.123 e. The Morgan fingerprint density at radius 2 is 2.64 bits per heavy atom. The third-order valence-corrected chi connectivity index (χ3v) is 3.51. The van der Waals surface area contributed by atoms with E-state index in [1.165, 1.54) is 0 Å². The Morgan fingerprint density at radius 1 is 1.79 bits per heavy atom. The lowest BCUT2D eigenvalue weighted by molar-refractivity contribution is -0.0210. The fourth-order valence-corrected chi connectivity index (χ4v) is 2.54. The van der Waals surface area contributed by atoms with E-state index in [9.17, 15) is 0 Å². The van der Waals surface area contributed by atoms with Crippen LogP contribution in [-0.2, 0) is 10.6 Å². The first-order valence-electron chi connectivity index (χ1n) is 4.60. The number of halogens is 1.